The fraction of sp³-hybridized carbons (Fsp3) is 1.00. The van der Waals surface area contributed by atoms with Gasteiger partial charge in [0.05, 0.1) is 6.61 Å². The van der Waals surface area contributed by atoms with Gasteiger partial charge in [-0.1, -0.05) is 13.3 Å². The molecule has 8 heteroatoms. The Kier molecular flexibility index (Phi) is 7.81. The van der Waals surface area contributed by atoms with Crippen molar-refractivity contribution in [3.05, 3.63) is 0 Å². The van der Waals surface area contributed by atoms with E-state index in [-0.39, 0.29) is 6.42 Å². The first kappa shape index (κ1) is 17.7. The third kappa shape index (κ3) is 7.17. The SMILES string of the molecule is CCCCOS(=O)(=O)C(F)(F)F.CN1CCCC1. The fourth-order valence-electron chi connectivity index (χ4n) is 1.26. The van der Waals surface area contributed by atoms with Crippen LogP contribution in [-0.2, 0) is 14.3 Å². The summed E-state index contributed by atoms with van der Waals surface area (Å²) in [6, 6.07) is 0. The topological polar surface area (TPSA) is 46.6 Å². The number of halogens is 3. The molecule has 1 rings (SSSR count). The lowest BCUT2D eigenvalue weighted by atomic mass is 10.4. The van der Waals surface area contributed by atoms with E-state index in [1.165, 1.54) is 25.9 Å². The summed E-state index contributed by atoms with van der Waals surface area (Å²) in [5, 5.41) is 0. The first-order chi connectivity index (χ1) is 8.20. The summed E-state index contributed by atoms with van der Waals surface area (Å²) >= 11 is 0. The van der Waals surface area contributed by atoms with E-state index in [0.29, 0.717) is 6.42 Å². The Labute approximate surface area is 106 Å². The lowest BCUT2D eigenvalue weighted by Gasteiger charge is -2.06. The highest BCUT2D eigenvalue weighted by molar-refractivity contribution is 7.87. The number of unbranched alkanes of at least 4 members (excludes halogenated alkanes) is 1. The van der Waals surface area contributed by atoms with Gasteiger partial charge in [0, 0.05) is 0 Å². The van der Waals surface area contributed by atoms with E-state index >= 15 is 0 Å². The van der Waals surface area contributed by atoms with E-state index in [1.54, 1.807) is 6.92 Å². The Balaban J connectivity index is 0.000000397. The number of alkyl halides is 3. The molecule has 0 aromatic rings. The molecule has 0 radical (unpaired) electrons. The molecule has 0 aromatic heterocycles. The summed E-state index contributed by atoms with van der Waals surface area (Å²) in [7, 11) is -3.20. The van der Waals surface area contributed by atoms with E-state index < -0.39 is 22.2 Å². The molecule has 4 nitrogen and oxygen atoms in total. The molecule has 0 amide bonds. The molecule has 1 aliphatic rings. The van der Waals surface area contributed by atoms with Crippen molar-refractivity contribution in [3.8, 4) is 0 Å². The minimum absolute atomic E-state index is 0.287. The highest BCUT2D eigenvalue weighted by Crippen LogP contribution is 2.24. The maximum Gasteiger partial charge on any atom is 0.523 e. The summed E-state index contributed by atoms with van der Waals surface area (Å²) in [5.74, 6) is 0. The summed E-state index contributed by atoms with van der Waals surface area (Å²) in [4.78, 5) is 2.36. The van der Waals surface area contributed by atoms with Crippen LogP contribution in [0.2, 0.25) is 0 Å². The third-order valence-corrected chi connectivity index (χ3v) is 3.39. The van der Waals surface area contributed by atoms with E-state index in [2.05, 4.69) is 16.1 Å². The summed E-state index contributed by atoms with van der Waals surface area (Å²) < 4.78 is 58.7. The predicted octanol–water partition coefficient (Wildman–Crippen LogP) is 2.36. The molecule has 1 saturated heterocycles. The van der Waals surface area contributed by atoms with E-state index in [0.717, 1.165) is 0 Å². The van der Waals surface area contributed by atoms with Crippen molar-refractivity contribution in [2.75, 3.05) is 26.7 Å². The summed E-state index contributed by atoms with van der Waals surface area (Å²) in [6.07, 6.45) is 3.69. The number of nitrogens with zero attached hydrogens (tertiary/aromatic N) is 1. The van der Waals surface area contributed by atoms with Gasteiger partial charge in [-0.15, -0.1) is 0 Å². The Morgan fingerprint density at radius 2 is 1.72 bits per heavy atom. The molecule has 18 heavy (non-hydrogen) atoms. The minimum atomic E-state index is -5.37. The van der Waals surface area contributed by atoms with Crippen LogP contribution in [0.3, 0.4) is 0 Å². The van der Waals surface area contributed by atoms with E-state index in [1.807, 2.05) is 0 Å². The normalized spacial score (nSPS) is 17.4. The van der Waals surface area contributed by atoms with Gasteiger partial charge in [0.25, 0.3) is 0 Å². The van der Waals surface area contributed by atoms with Crippen molar-refractivity contribution in [2.45, 2.75) is 38.1 Å². The predicted molar refractivity (Wildman–Crippen MR) is 62.6 cm³/mol. The smallest absolute Gasteiger partial charge is 0.306 e. The molecule has 1 aliphatic heterocycles. The molecule has 0 N–H and O–H groups in total. The molecule has 0 aromatic carbocycles. The van der Waals surface area contributed by atoms with Crippen LogP contribution >= 0.6 is 0 Å². The highest BCUT2D eigenvalue weighted by atomic mass is 32.2. The molecule has 110 valence electrons. The number of likely N-dealkylation sites (tertiary alicyclic amines) is 1. The van der Waals surface area contributed by atoms with Gasteiger partial charge in [0.2, 0.25) is 0 Å². The zero-order valence-corrected chi connectivity index (χ0v) is 11.5. The van der Waals surface area contributed by atoms with Crippen LogP contribution in [-0.4, -0.2) is 45.6 Å². The molecular weight excluding hydrogens is 271 g/mol. The quantitative estimate of drug-likeness (QED) is 0.453. The van der Waals surface area contributed by atoms with E-state index in [9.17, 15) is 21.6 Å². The average Bonchev–Trinajstić information content (AvgIpc) is 2.68. The third-order valence-electron chi connectivity index (χ3n) is 2.35. The van der Waals surface area contributed by atoms with Crippen molar-refractivity contribution in [1.29, 1.82) is 0 Å². The molecule has 0 bridgehead atoms. The van der Waals surface area contributed by atoms with Gasteiger partial charge >= 0.3 is 15.6 Å². The molecule has 0 saturated carbocycles. The molecular formula is C10H20F3NO3S. The first-order valence-corrected chi connectivity index (χ1v) is 7.25. The number of hydrogen-bond acceptors (Lipinski definition) is 4. The van der Waals surface area contributed by atoms with Crippen LogP contribution in [0.15, 0.2) is 0 Å². The van der Waals surface area contributed by atoms with Crippen LogP contribution in [0.25, 0.3) is 0 Å². The van der Waals surface area contributed by atoms with Gasteiger partial charge in [-0.05, 0) is 39.4 Å². The van der Waals surface area contributed by atoms with Crippen molar-refractivity contribution in [2.24, 2.45) is 0 Å². The van der Waals surface area contributed by atoms with Gasteiger partial charge in [-0.2, -0.15) is 21.6 Å². The van der Waals surface area contributed by atoms with Crippen molar-refractivity contribution in [3.63, 3.8) is 0 Å². The van der Waals surface area contributed by atoms with E-state index in [4.69, 9.17) is 0 Å². The van der Waals surface area contributed by atoms with Crippen LogP contribution in [0.4, 0.5) is 13.2 Å². The molecule has 1 fully saturated rings. The Morgan fingerprint density at radius 3 is 2.00 bits per heavy atom. The van der Waals surface area contributed by atoms with Gasteiger partial charge in [-0.3, -0.25) is 4.18 Å². The maximum atomic E-state index is 11.5. The lowest BCUT2D eigenvalue weighted by molar-refractivity contribution is -0.0542. The Morgan fingerprint density at radius 1 is 1.22 bits per heavy atom. The monoisotopic (exact) mass is 291 g/mol. The second-order valence-corrected chi connectivity index (χ2v) is 5.69. The highest BCUT2D eigenvalue weighted by Gasteiger charge is 2.47. The Hall–Kier alpha value is -0.340. The van der Waals surface area contributed by atoms with Gasteiger partial charge < -0.3 is 4.90 Å². The lowest BCUT2D eigenvalue weighted by Crippen LogP contribution is -2.25. The van der Waals surface area contributed by atoms with Crippen LogP contribution in [0.5, 0.6) is 0 Å². The summed E-state index contributed by atoms with van der Waals surface area (Å²) in [5.41, 5.74) is -5.30. The standard InChI is InChI=1S/C5H9F3O3S.C5H11N/c1-2-3-4-11-12(9,10)5(6,7)8;1-6-4-2-3-5-6/h2-4H2,1H3;2-5H2,1H3. The van der Waals surface area contributed by atoms with Gasteiger partial charge in [0.1, 0.15) is 0 Å². The van der Waals surface area contributed by atoms with Crippen molar-refractivity contribution in [1.82, 2.24) is 4.90 Å². The second kappa shape index (κ2) is 7.96. The van der Waals surface area contributed by atoms with Crippen LogP contribution in [0, 0.1) is 0 Å². The Bertz CT molecular complexity index is 311. The first-order valence-electron chi connectivity index (χ1n) is 5.85. The number of rotatable bonds is 4. The molecule has 1 heterocycles. The van der Waals surface area contributed by atoms with Crippen molar-refractivity contribution < 1.29 is 25.8 Å². The second-order valence-electron chi connectivity index (χ2n) is 4.09. The van der Waals surface area contributed by atoms with Gasteiger partial charge in [-0.25, -0.2) is 0 Å². The van der Waals surface area contributed by atoms with Crippen LogP contribution in [0.1, 0.15) is 32.6 Å². The fourth-order valence-corrected chi connectivity index (χ4v) is 1.73. The van der Waals surface area contributed by atoms with Crippen LogP contribution < -0.4 is 0 Å². The zero-order valence-electron chi connectivity index (χ0n) is 10.7. The maximum absolute atomic E-state index is 11.5. The molecule has 0 atom stereocenters. The number of hydrogen-bond donors (Lipinski definition) is 0. The molecule has 0 unspecified atom stereocenters. The molecule has 0 aliphatic carbocycles. The minimum Gasteiger partial charge on any atom is -0.306 e. The zero-order chi connectivity index (χ0) is 14.2. The largest absolute Gasteiger partial charge is 0.523 e. The molecule has 0 spiro atoms. The average molecular weight is 291 g/mol. The van der Waals surface area contributed by atoms with Crippen molar-refractivity contribution >= 4 is 10.1 Å². The summed E-state index contributed by atoms with van der Waals surface area (Å²) in [6.45, 7) is 3.93. The van der Waals surface area contributed by atoms with Gasteiger partial charge in [0.15, 0.2) is 0 Å².